The van der Waals surface area contributed by atoms with Crippen molar-refractivity contribution in [3.63, 3.8) is 0 Å². The SMILES string of the molecule is OC[C@H]1O[C@H](OC[C@H]2O[C@H](OC[C@H]3O[C@H](OC4(CO)OC[C@@H](O)[C@@H](O)[C@@H]4O)[C@H](O)[C@@H](O)[C@@H]3O)[C@H](O)[C@@H](O)[C@H]2O)[C@H](O)[C@@H](O)[C@H]1O. The highest BCUT2D eigenvalue weighted by atomic mass is 16.8. The highest BCUT2D eigenvalue weighted by molar-refractivity contribution is 4.96. The summed E-state index contributed by atoms with van der Waals surface area (Å²) in [5.74, 6) is -2.44. The quantitative estimate of drug-likeness (QED) is 0.103. The Bertz CT molecular complexity index is 931. The maximum absolute atomic E-state index is 10.5. The molecule has 4 fully saturated rings. The highest BCUT2D eigenvalue weighted by Gasteiger charge is 2.55. The molecule has 0 amide bonds. The molecule has 0 radical (unpaired) electrons. The number of aliphatic hydroxyl groups is 14. The fourth-order valence-corrected chi connectivity index (χ4v) is 5.29. The third-order valence-electron chi connectivity index (χ3n) is 8.24. The van der Waals surface area contributed by atoms with Gasteiger partial charge < -0.3 is 105 Å². The van der Waals surface area contributed by atoms with Gasteiger partial charge in [0.15, 0.2) is 18.9 Å². The fourth-order valence-electron chi connectivity index (χ4n) is 5.29. The third kappa shape index (κ3) is 7.44. The molecular weight excluding hydrogens is 624 g/mol. The first-order chi connectivity index (χ1) is 21.2. The molecule has 4 heterocycles. The Morgan fingerprint density at radius 2 is 0.933 bits per heavy atom. The first kappa shape index (κ1) is 37.0. The van der Waals surface area contributed by atoms with E-state index in [0.29, 0.717) is 0 Å². The molecular formula is C24H42O21. The Kier molecular flexibility index (Phi) is 12.5. The summed E-state index contributed by atoms with van der Waals surface area (Å²) in [6, 6.07) is 0. The molecule has 0 aromatic heterocycles. The topological polar surface area (TPSA) is 348 Å². The van der Waals surface area contributed by atoms with Gasteiger partial charge in [-0.15, -0.1) is 0 Å². The van der Waals surface area contributed by atoms with Crippen molar-refractivity contribution in [2.75, 3.05) is 33.0 Å². The van der Waals surface area contributed by atoms with Gasteiger partial charge in [-0.25, -0.2) is 0 Å². The van der Waals surface area contributed by atoms with Crippen molar-refractivity contribution in [3.8, 4) is 0 Å². The lowest BCUT2D eigenvalue weighted by Crippen LogP contribution is -2.68. The fraction of sp³-hybridized carbons (Fsp3) is 1.00. The lowest BCUT2D eigenvalue weighted by atomic mass is 9.96. The number of rotatable bonds is 10. The van der Waals surface area contributed by atoms with Crippen molar-refractivity contribution < 1.29 is 105 Å². The average molecular weight is 667 g/mol. The van der Waals surface area contributed by atoms with Crippen LogP contribution in [0, 0.1) is 0 Å². The van der Waals surface area contributed by atoms with Gasteiger partial charge in [-0.2, -0.15) is 0 Å². The molecule has 0 aromatic carbocycles. The molecule has 4 aliphatic heterocycles. The molecule has 14 N–H and O–H groups in total. The molecule has 0 spiro atoms. The zero-order valence-corrected chi connectivity index (χ0v) is 23.5. The number of aliphatic hydroxyl groups excluding tert-OH is 14. The number of hydrogen-bond acceptors (Lipinski definition) is 21. The Morgan fingerprint density at radius 3 is 1.40 bits per heavy atom. The van der Waals surface area contributed by atoms with Crippen LogP contribution < -0.4 is 0 Å². The van der Waals surface area contributed by atoms with E-state index in [2.05, 4.69) is 0 Å². The molecule has 4 aliphatic rings. The summed E-state index contributed by atoms with van der Waals surface area (Å²) in [5.41, 5.74) is 0. The van der Waals surface area contributed by atoms with Crippen LogP contribution in [0.1, 0.15) is 0 Å². The van der Waals surface area contributed by atoms with E-state index in [1.165, 1.54) is 0 Å². The maximum Gasteiger partial charge on any atom is 0.223 e. The molecule has 0 bridgehead atoms. The number of hydrogen-bond donors (Lipinski definition) is 14. The van der Waals surface area contributed by atoms with Crippen LogP contribution in [-0.4, -0.2) is 221 Å². The lowest BCUT2D eigenvalue weighted by Gasteiger charge is -2.48. The summed E-state index contributed by atoms with van der Waals surface area (Å²) in [4.78, 5) is 0. The van der Waals surface area contributed by atoms with E-state index < -0.39 is 149 Å². The van der Waals surface area contributed by atoms with Crippen LogP contribution in [0.15, 0.2) is 0 Å². The van der Waals surface area contributed by atoms with Crippen LogP contribution >= 0.6 is 0 Å². The van der Waals surface area contributed by atoms with Crippen LogP contribution in [0.5, 0.6) is 0 Å². The smallest absolute Gasteiger partial charge is 0.223 e. The molecule has 264 valence electrons. The Labute approximate surface area is 254 Å². The van der Waals surface area contributed by atoms with E-state index >= 15 is 0 Å². The van der Waals surface area contributed by atoms with E-state index in [-0.39, 0.29) is 0 Å². The summed E-state index contributed by atoms with van der Waals surface area (Å²) < 4.78 is 37.5. The van der Waals surface area contributed by atoms with Gasteiger partial charge in [0.25, 0.3) is 0 Å². The molecule has 4 saturated heterocycles. The van der Waals surface area contributed by atoms with Crippen molar-refractivity contribution >= 4 is 0 Å². The van der Waals surface area contributed by atoms with Crippen molar-refractivity contribution in [1.82, 2.24) is 0 Å². The Hall–Kier alpha value is -0.840. The largest absolute Gasteiger partial charge is 0.394 e. The highest BCUT2D eigenvalue weighted by Crippen LogP contribution is 2.33. The van der Waals surface area contributed by atoms with Gasteiger partial charge in [0, 0.05) is 0 Å². The van der Waals surface area contributed by atoms with Gasteiger partial charge in [-0.3, -0.25) is 0 Å². The molecule has 0 saturated carbocycles. The predicted octanol–water partition coefficient (Wildman–Crippen LogP) is -9.75. The predicted molar refractivity (Wildman–Crippen MR) is 134 cm³/mol. The van der Waals surface area contributed by atoms with Crippen molar-refractivity contribution in [2.45, 2.75) is 116 Å². The zero-order valence-electron chi connectivity index (χ0n) is 23.5. The van der Waals surface area contributed by atoms with Crippen LogP contribution in [0.3, 0.4) is 0 Å². The minimum atomic E-state index is -2.44. The van der Waals surface area contributed by atoms with Gasteiger partial charge in [0.1, 0.15) is 98.2 Å². The molecule has 19 atom stereocenters. The van der Waals surface area contributed by atoms with Crippen LogP contribution in [0.25, 0.3) is 0 Å². The summed E-state index contributed by atoms with van der Waals surface area (Å²) in [6.07, 6.45) is -31.7. The molecule has 1 unspecified atom stereocenters. The minimum absolute atomic E-state index is 0.605. The van der Waals surface area contributed by atoms with Crippen molar-refractivity contribution in [2.24, 2.45) is 0 Å². The molecule has 45 heavy (non-hydrogen) atoms. The second-order valence-electron chi connectivity index (χ2n) is 11.3. The first-order valence-corrected chi connectivity index (χ1v) is 14.1. The van der Waals surface area contributed by atoms with Crippen molar-refractivity contribution in [3.05, 3.63) is 0 Å². The monoisotopic (exact) mass is 666 g/mol. The Morgan fingerprint density at radius 1 is 0.511 bits per heavy atom. The molecule has 0 aliphatic carbocycles. The van der Waals surface area contributed by atoms with Gasteiger partial charge in [0.2, 0.25) is 5.79 Å². The Balaban J connectivity index is 1.39. The van der Waals surface area contributed by atoms with Gasteiger partial charge >= 0.3 is 0 Å². The van der Waals surface area contributed by atoms with E-state index in [9.17, 15) is 71.5 Å². The maximum atomic E-state index is 10.5. The number of ether oxygens (including phenoxy) is 7. The second kappa shape index (κ2) is 15.1. The van der Waals surface area contributed by atoms with Crippen LogP contribution in [0.4, 0.5) is 0 Å². The molecule has 4 rings (SSSR count). The first-order valence-electron chi connectivity index (χ1n) is 14.1. The van der Waals surface area contributed by atoms with Crippen LogP contribution in [0.2, 0.25) is 0 Å². The summed E-state index contributed by atoms with van der Waals surface area (Å²) >= 11 is 0. The van der Waals surface area contributed by atoms with E-state index in [4.69, 9.17) is 33.2 Å². The minimum Gasteiger partial charge on any atom is -0.394 e. The van der Waals surface area contributed by atoms with Gasteiger partial charge in [0.05, 0.1) is 26.4 Å². The standard InChI is InChI=1S/C24H42O21/c25-1-7-11(29)14(32)17(35)21(42-7)39-3-8-12(30)15(33)18(36)22(43-8)40-4-9-13(31)16(34)19(37)23(44-9)45-24(5-26)20(38)10(28)6(27)2-41-24/h6-23,25-38H,1-5H2/t6-,7-,8-,9-,10-,11+,12+,13-,14+,15+,16+,17-,18-,19-,20+,21+,22+,23-,24?/m1/s1. The van der Waals surface area contributed by atoms with Crippen molar-refractivity contribution in [1.29, 1.82) is 0 Å². The van der Waals surface area contributed by atoms with E-state index in [1.807, 2.05) is 0 Å². The lowest BCUT2D eigenvalue weighted by molar-refractivity contribution is -0.417. The summed E-state index contributed by atoms with van der Waals surface area (Å²) in [5, 5.41) is 142. The van der Waals surface area contributed by atoms with E-state index in [1.54, 1.807) is 0 Å². The van der Waals surface area contributed by atoms with Gasteiger partial charge in [-0.1, -0.05) is 0 Å². The average Bonchev–Trinajstić information content (AvgIpc) is 3.03. The molecule has 21 heteroatoms. The molecule has 21 nitrogen and oxygen atoms in total. The van der Waals surface area contributed by atoms with E-state index in [0.717, 1.165) is 0 Å². The van der Waals surface area contributed by atoms with Crippen LogP contribution in [-0.2, 0) is 33.2 Å². The third-order valence-corrected chi connectivity index (χ3v) is 8.24. The normalized spacial score (nSPS) is 52.9. The zero-order chi connectivity index (χ0) is 33.4. The second-order valence-corrected chi connectivity index (χ2v) is 11.3. The summed E-state index contributed by atoms with van der Waals surface area (Å²) in [6.45, 7) is -3.85. The summed E-state index contributed by atoms with van der Waals surface area (Å²) in [7, 11) is 0. The molecule has 0 aromatic rings. The van der Waals surface area contributed by atoms with Gasteiger partial charge in [-0.05, 0) is 0 Å².